The molecule has 0 bridgehead atoms. The third-order valence-electron chi connectivity index (χ3n) is 3.90. The number of carboxylic acid groups (broad SMARTS) is 1. The molecular formula is C17H20BrF3N2O4. The average molecular weight is 453 g/mol. The summed E-state index contributed by atoms with van der Waals surface area (Å²) >= 11 is 3.12. The van der Waals surface area contributed by atoms with Crippen LogP contribution in [0.4, 0.5) is 23.7 Å². The lowest BCUT2D eigenvalue weighted by Gasteiger charge is -2.41. The Labute approximate surface area is 163 Å². The first-order valence-corrected chi connectivity index (χ1v) is 8.93. The second-order valence-corrected chi connectivity index (χ2v) is 7.96. The highest BCUT2D eigenvalue weighted by molar-refractivity contribution is 9.10. The highest BCUT2D eigenvalue weighted by Crippen LogP contribution is 2.41. The summed E-state index contributed by atoms with van der Waals surface area (Å²) < 4.78 is 45.6. The van der Waals surface area contributed by atoms with Crippen LogP contribution >= 0.6 is 15.9 Å². The number of amides is 1. The van der Waals surface area contributed by atoms with E-state index in [1.807, 2.05) is 0 Å². The number of ether oxygens (including phenoxy) is 1. The Morgan fingerprint density at radius 3 is 2.37 bits per heavy atom. The zero-order chi connectivity index (χ0) is 20.6. The number of hydrogen-bond acceptors (Lipinski definition) is 4. The molecule has 1 aliphatic rings. The third kappa shape index (κ3) is 5.06. The van der Waals surface area contributed by atoms with Crippen molar-refractivity contribution in [2.75, 3.05) is 24.5 Å². The summed E-state index contributed by atoms with van der Waals surface area (Å²) in [6, 6.07) is 2.33. The van der Waals surface area contributed by atoms with Crippen molar-refractivity contribution in [2.45, 2.75) is 38.6 Å². The highest BCUT2D eigenvalue weighted by atomic mass is 79.9. The van der Waals surface area contributed by atoms with Crippen LogP contribution in [0.3, 0.4) is 0 Å². The van der Waals surface area contributed by atoms with Crippen molar-refractivity contribution in [1.29, 1.82) is 0 Å². The lowest BCUT2D eigenvalue weighted by Crippen LogP contribution is -2.59. The van der Waals surface area contributed by atoms with Crippen LogP contribution in [0.1, 0.15) is 26.3 Å². The number of carboxylic acids is 1. The van der Waals surface area contributed by atoms with Crippen molar-refractivity contribution in [3.8, 4) is 0 Å². The SMILES string of the molecule is CC(C)(C)OC(=O)N1CCN(c2c(Br)cccc2C(F)(F)F)C[C@H]1C(=O)O. The Kier molecular flexibility index (Phi) is 5.98. The van der Waals surface area contributed by atoms with Gasteiger partial charge < -0.3 is 14.7 Å². The Morgan fingerprint density at radius 1 is 1.22 bits per heavy atom. The second kappa shape index (κ2) is 7.57. The normalized spacial score (nSPS) is 18.4. The molecule has 1 aromatic carbocycles. The number of halogens is 4. The van der Waals surface area contributed by atoms with Crippen LogP contribution in [-0.4, -0.2) is 53.3 Å². The zero-order valence-electron chi connectivity index (χ0n) is 15.0. The van der Waals surface area contributed by atoms with Crippen LogP contribution in [-0.2, 0) is 15.7 Å². The van der Waals surface area contributed by atoms with Crippen molar-refractivity contribution < 1.29 is 32.6 Å². The number of anilines is 1. The standard InChI is InChI=1S/C17H20BrF3N2O4/c1-16(2,3)27-15(26)23-8-7-22(9-12(23)14(24)25)13-10(17(19,20)21)5-4-6-11(13)18/h4-6,12H,7-9H2,1-3H3,(H,24,25)/t12-/m0/s1. The molecule has 1 heterocycles. The van der Waals surface area contributed by atoms with Gasteiger partial charge in [0.05, 0.1) is 11.3 Å². The Hall–Kier alpha value is -1.97. The van der Waals surface area contributed by atoms with Crippen LogP contribution in [0.25, 0.3) is 0 Å². The molecule has 150 valence electrons. The van der Waals surface area contributed by atoms with E-state index in [9.17, 15) is 27.9 Å². The van der Waals surface area contributed by atoms with Gasteiger partial charge in [-0.3, -0.25) is 4.90 Å². The second-order valence-electron chi connectivity index (χ2n) is 7.11. The van der Waals surface area contributed by atoms with Crippen LogP contribution in [0, 0.1) is 0 Å². The molecule has 1 aliphatic heterocycles. The predicted molar refractivity (Wildman–Crippen MR) is 95.7 cm³/mol. The maximum Gasteiger partial charge on any atom is 0.418 e. The fourth-order valence-electron chi connectivity index (χ4n) is 2.80. The molecule has 1 amide bonds. The molecule has 2 rings (SSSR count). The summed E-state index contributed by atoms with van der Waals surface area (Å²) in [7, 11) is 0. The maximum absolute atomic E-state index is 13.4. The van der Waals surface area contributed by atoms with Gasteiger partial charge in [0.25, 0.3) is 0 Å². The number of hydrogen-bond donors (Lipinski definition) is 1. The number of carbonyl (C=O) groups excluding carboxylic acids is 1. The van der Waals surface area contributed by atoms with Crippen LogP contribution in [0.5, 0.6) is 0 Å². The van der Waals surface area contributed by atoms with E-state index in [1.165, 1.54) is 17.0 Å². The third-order valence-corrected chi connectivity index (χ3v) is 4.54. The quantitative estimate of drug-likeness (QED) is 0.734. The van der Waals surface area contributed by atoms with Gasteiger partial charge in [-0.05, 0) is 48.8 Å². The fourth-order valence-corrected chi connectivity index (χ4v) is 3.42. The lowest BCUT2D eigenvalue weighted by atomic mass is 10.1. The number of rotatable bonds is 2. The minimum atomic E-state index is -4.60. The van der Waals surface area contributed by atoms with E-state index < -0.39 is 35.4 Å². The highest BCUT2D eigenvalue weighted by Gasteiger charge is 2.41. The molecular weight excluding hydrogens is 433 g/mol. The van der Waals surface area contributed by atoms with Gasteiger partial charge in [0.15, 0.2) is 0 Å². The fraction of sp³-hybridized carbons (Fsp3) is 0.529. The molecule has 6 nitrogen and oxygen atoms in total. The van der Waals surface area contributed by atoms with E-state index in [0.717, 1.165) is 11.0 Å². The van der Waals surface area contributed by atoms with Gasteiger partial charge in [0.2, 0.25) is 0 Å². The van der Waals surface area contributed by atoms with Crippen molar-refractivity contribution in [3.63, 3.8) is 0 Å². The Morgan fingerprint density at radius 2 is 1.85 bits per heavy atom. The molecule has 0 aliphatic carbocycles. The summed E-state index contributed by atoms with van der Waals surface area (Å²) in [6.45, 7) is 4.61. The number of nitrogens with zero attached hydrogens (tertiary/aromatic N) is 2. The minimum absolute atomic E-state index is 0.0364. The first-order valence-electron chi connectivity index (χ1n) is 8.14. The van der Waals surface area contributed by atoms with E-state index in [1.54, 1.807) is 20.8 Å². The van der Waals surface area contributed by atoms with Crippen molar-refractivity contribution >= 4 is 33.7 Å². The number of carbonyl (C=O) groups is 2. The largest absolute Gasteiger partial charge is 0.480 e. The molecule has 0 unspecified atom stereocenters. The van der Waals surface area contributed by atoms with Gasteiger partial charge in [-0.1, -0.05) is 6.07 Å². The molecule has 1 aromatic rings. The van der Waals surface area contributed by atoms with Crippen LogP contribution < -0.4 is 4.90 Å². The van der Waals surface area contributed by atoms with Gasteiger partial charge in [0.1, 0.15) is 11.6 Å². The Balaban J connectivity index is 2.33. The molecule has 1 saturated heterocycles. The van der Waals surface area contributed by atoms with Crippen LogP contribution in [0.15, 0.2) is 22.7 Å². The van der Waals surface area contributed by atoms with Gasteiger partial charge in [-0.15, -0.1) is 0 Å². The first-order chi connectivity index (χ1) is 12.3. The average Bonchev–Trinajstić information content (AvgIpc) is 2.51. The summed E-state index contributed by atoms with van der Waals surface area (Å²) in [6.07, 6.45) is -5.40. The molecule has 10 heteroatoms. The van der Waals surface area contributed by atoms with Gasteiger partial charge in [-0.2, -0.15) is 13.2 Å². The van der Waals surface area contributed by atoms with E-state index in [0.29, 0.717) is 0 Å². The lowest BCUT2D eigenvalue weighted by molar-refractivity contribution is -0.143. The first kappa shape index (κ1) is 21.3. The molecule has 0 spiro atoms. The van der Waals surface area contributed by atoms with Crippen molar-refractivity contribution in [3.05, 3.63) is 28.2 Å². The molecule has 0 saturated carbocycles. The van der Waals surface area contributed by atoms with E-state index >= 15 is 0 Å². The summed E-state index contributed by atoms with van der Waals surface area (Å²) in [5.41, 5.74) is -1.82. The van der Waals surface area contributed by atoms with Crippen LogP contribution in [0.2, 0.25) is 0 Å². The molecule has 0 radical (unpaired) electrons. The van der Waals surface area contributed by atoms with Gasteiger partial charge in [-0.25, -0.2) is 9.59 Å². The molecule has 27 heavy (non-hydrogen) atoms. The zero-order valence-corrected chi connectivity index (χ0v) is 16.6. The number of benzene rings is 1. The van der Waals surface area contributed by atoms with Crippen molar-refractivity contribution in [1.82, 2.24) is 4.90 Å². The van der Waals surface area contributed by atoms with Gasteiger partial charge in [0, 0.05) is 24.1 Å². The number of alkyl halides is 3. The molecule has 0 aromatic heterocycles. The number of para-hydroxylation sites is 1. The topological polar surface area (TPSA) is 70.1 Å². The maximum atomic E-state index is 13.4. The van der Waals surface area contributed by atoms with E-state index in [2.05, 4.69) is 15.9 Å². The Bertz CT molecular complexity index is 734. The predicted octanol–water partition coefficient (Wildman–Crippen LogP) is 3.98. The summed E-state index contributed by atoms with van der Waals surface area (Å²) in [5, 5.41) is 9.51. The van der Waals surface area contributed by atoms with Crippen molar-refractivity contribution in [2.24, 2.45) is 0 Å². The number of aliphatic carboxylic acids is 1. The minimum Gasteiger partial charge on any atom is -0.480 e. The molecule has 1 N–H and O–H groups in total. The molecule has 1 atom stereocenters. The summed E-state index contributed by atoms with van der Waals surface area (Å²) in [5.74, 6) is -1.31. The monoisotopic (exact) mass is 452 g/mol. The smallest absolute Gasteiger partial charge is 0.418 e. The van der Waals surface area contributed by atoms with Gasteiger partial charge >= 0.3 is 18.2 Å². The molecule has 1 fully saturated rings. The number of piperazine rings is 1. The van der Waals surface area contributed by atoms with E-state index in [4.69, 9.17) is 4.74 Å². The van der Waals surface area contributed by atoms with E-state index in [-0.39, 0.29) is 29.8 Å². The summed E-state index contributed by atoms with van der Waals surface area (Å²) in [4.78, 5) is 26.3.